The number of carbonyl (C=O) groups excluding carboxylic acids is 1. The van der Waals surface area contributed by atoms with Crippen molar-refractivity contribution >= 4 is 29.3 Å². The number of hydrogen-bond acceptors (Lipinski definition) is 5. The number of amides is 2. The Labute approximate surface area is 183 Å². The number of ether oxygens (including phenoxy) is 2. The van der Waals surface area contributed by atoms with Crippen molar-refractivity contribution in [3.63, 3.8) is 0 Å². The molecule has 0 bridgehead atoms. The number of methoxy groups -OCH3 is 1. The molecule has 31 heavy (non-hydrogen) atoms. The van der Waals surface area contributed by atoms with Crippen LogP contribution in [0.4, 0.5) is 10.5 Å². The lowest BCUT2D eigenvalue weighted by atomic mass is 10.1. The largest absolute Gasteiger partial charge is 0.495 e. The molecule has 2 amide bonds. The maximum absolute atomic E-state index is 12.2. The van der Waals surface area contributed by atoms with Gasteiger partial charge < -0.3 is 25.2 Å². The second-order valence-corrected chi connectivity index (χ2v) is 6.97. The predicted molar refractivity (Wildman–Crippen MR) is 116 cm³/mol. The average molecular weight is 442 g/mol. The molecular weight excluding hydrogens is 422 g/mol. The summed E-state index contributed by atoms with van der Waals surface area (Å²) in [6, 6.07) is 12.9. The molecule has 3 N–H and O–H groups in total. The summed E-state index contributed by atoms with van der Waals surface area (Å²) in [4.78, 5) is 27.0. The quantitative estimate of drug-likeness (QED) is 0.482. The van der Waals surface area contributed by atoms with Crippen molar-refractivity contribution < 1.29 is 24.2 Å². The van der Waals surface area contributed by atoms with Crippen LogP contribution in [0.3, 0.4) is 0 Å². The summed E-state index contributed by atoms with van der Waals surface area (Å²) in [6.07, 6.45) is 1.37. The minimum Gasteiger partial charge on any atom is -0.495 e. The molecule has 0 spiro atoms. The van der Waals surface area contributed by atoms with E-state index >= 15 is 0 Å². The molecule has 1 heterocycles. The van der Waals surface area contributed by atoms with Crippen molar-refractivity contribution in [3.05, 3.63) is 76.6 Å². The number of anilines is 1. The van der Waals surface area contributed by atoms with Crippen LogP contribution in [0.25, 0.3) is 0 Å². The number of urea groups is 1. The van der Waals surface area contributed by atoms with Gasteiger partial charge in [0, 0.05) is 23.8 Å². The molecular formula is C22H20ClN3O5. The third kappa shape index (κ3) is 5.86. The second-order valence-electron chi connectivity index (χ2n) is 6.54. The number of nitrogens with one attached hydrogen (secondary N) is 2. The van der Waals surface area contributed by atoms with Gasteiger partial charge in [-0.3, -0.25) is 0 Å². The summed E-state index contributed by atoms with van der Waals surface area (Å²) in [5.74, 6) is 0.312. The number of aryl methyl sites for hydroxylation is 1. The van der Waals surface area contributed by atoms with Crippen LogP contribution >= 0.6 is 11.6 Å². The van der Waals surface area contributed by atoms with E-state index in [0.717, 1.165) is 11.1 Å². The number of carboxylic acid groups (broad SMARTS) is 1. The van der Waals surface area contributed by atoms with E-state index in [2.05, 4.69) is 15.6 Å². The van der Waals surface area contributed by atoms with Gasteiger partial charge in [-0.05, 0) is 48.4 Å². The molecule has 9 heteroatoms. The Morgan fingerprint density at radius 3 is 2.58 bits per heavy atom. The van der Waals surface area contributed by atoms with Crippen LogP contribution in [0, 0.1) is 6.92 Å². The Hall–Kier alpha value is -3.78. The van der Waals surface area contributed by atoms with Crippen molar-refractivity contribution in [2.45, 2.75) is 13.5 Å². The molecule has 0 saturated carbocycles. The smallest absolute Gasteiger partial charge is 0.354 e. The first-order chi connectivity index (χ1) is 14.9. The first-order valence-corrected chi connectivity index (χ1v) is 9.58. The fraction of sp³-hybridized carbons (Fsp3) is 0.136. The van der Waals surface area contributed by atoms with Gasteiger partial charge in [0.25, 0.3) is 0 Å². The summed E-state index contributed by atoms with van der Waals surface area (Å²) < 4.78 is 11.0. The molecule has 8 nitrogen and oxygen atoms in total. The molecule has 2 aromatic carbocycles. The third-order valence-corrected chi connectivity index (χ3v) is 4.52. The first-order valence-electron chi connectivity index (χ1n) is 9.21. The molecule has 0 unspecified atom stereocenters. The van der Waals surface area contributed by atoms with E-state index in [1.807, 2.05) is 19.1 Å². The maximum atomic E-state index is 12.2. The zero-order valence-corrected chi connectivity index (χ0v) is 17.6. The summed E-state index contributed by atoms with van der Waals surface area (Å²) >= 11 is 5.97. The highest BCUT2D eigenvalue weighted by Crippen LogP contribution is 2.28. The Kier molecular flexibility index (Phi) is 6.94. The summed E-state index contributed by atoms with van der Waals surface area (Å²) in [7, 11) is 1.51. The lowest BCUT2D eigenvalue weighted by Gasteiger charge is -2.13. The van der Waals surface area contributed by atoms with Crippen LogP contribution in [-0.2, 0) is 6.54 Å². The van der Waals surface area contributed by atoms with Gasteiger partial charge in [0.15, 0.2) is 5.69 Å². The molecule has 0 aliphatic carbocycles. The second kappa shape index (κ2) is 9.82. The van der Waals surface area contributed by atoms with Crippen LogP contribution in [0.1, 0.15) is 21.6 Å². The van der Waals surface area contributed by atoms with E-state index < -0.39 is 12.0 Å². The van der Waals surface area contributed by atoms with Gasteiger partial charge in [0.2, 0.25) is 0 Å². The number of nitrogens with zero attached hydrogens (tertiary/aromatic N) is 1. The molecule has 3 rings (SSSR count). The molecule has 0 atom stereocenters. The molecule has 0 aliphatic heterocycles. The Bertz CT molecular complexity index is 1120. The van der Waals surface area contributed by atoms with Gasteiger partial charge in [0.05, 0.1) is 12.8 Å². The fourth-order valence-electron chi connectivity index (χ4n) is 2.78. The number of aromatic carboxylic acids is 1. The van der Waals surface area contributed by atoms with Crippen LogP contribution in [0.2, 0.25) is 5.02 Å². The van der Waals surface area contributed by atoms with Crippen LogP contribution in [-0.4, -0.2) is 29.2 Å². The van der Waals surface area contributed by atoms with Gasteiger partial charge >= 0.3 is 12.0 Å². The van der Waals surface area contributed by atoms with Gasteiger partial charge in [-0.15, -0.1) is 0 Å². The number of carboxylic acids is 1. The molecule has 0 saturated heterocycles. The van der Waals surface area contributed by atoms with Gasteiger partial charge in [-0.1, -0.05) is 23.7 Å². The molecule has 3 aromatic rings. The molecule has 1 aromatic heterocycles. The minimum atomic E-state index is -1.13. The molecule has 160 valence electrons. The summed E-state index contributed by atoms with van der Waals surface area (Å²) in [5.41, 5.74) is 2.05. The molecule has 0 aliphatic rings. The van der Waals surface area contributed by atoms with Crippen molar-refractivity contribution in [3.8, 4) is 17.2 Å². The van der Waals surface area contributed by atoms with E-state index in [9.17, 15) is 9.59 Å². The van der Waals surface area contributed by atoms with Crippen molar-refractivity contribution in [1.82, 2.24) is 10.3 Å². The number of rotatable bonds is 7. The number of pyridine rings is 1. The molecule has 0 radical (unpaired) electrons. The van der Waals surface area contributed by atoms with Gasteiger partial charge in [-0.2, -0.15) is 0 Å². The van der Waals surface area contributed by atoms with E-state index in [0.29, 0.717) is 28.0 Å². The number of benzene rings is 2. The Morgan fingerprint density at radius 1 is 1.10 bits per heavy atom. The summed E-state index contributed by atoms with van der Waals surface area (Å²) in [5, 5.41) is 15.0. The van der Waals surface area contributed by atoms with Crippen molar-refractivity contribution in [1.29, 1.82) is 0 Å². The normalized spacial score (nSPS) is 10.3. The van der Waals surface area contributed by atoms with Crippen LogP contribution < -0.4 is 20.1 Å². The zero-order chi connectivity index (χ0) is 22.4. The van der Waals surface area contributed by atoms with Crippen LogP contribution in [0.5, 0.6) is 17.2 Å². The number of halogens is 1. The third-order valence-electron chi connectivity index (χ3n) is 4.28. The van der Waals surface area contributed by atoms with E-state index in [1.54, 1.807) is 30.3 Å². The molecule has 0 fully saturated rings. The number of hydrogen-bond donors (Lipinski definition) is 3. The first kappa shape index (κ1) is 21.9. The monoisotopic (exact) mass is 441 g/mol. The predicted octanol–water partition coefficient (Wildman–Crippen LogP) is 4.86. The minimum absolute atomic E-state index is 0.0988. The van der Waals surface area contributed by atoms with E-state index in [1.165, 1.54) is 19.4 Å². The maximum Gasteiger partial charge on any atom is 0.354 e. The fourth-order valence-corrected chi connectivity index (χ4v) is 2.95. The number of carbonyl (C=O) groups is 2. The average Bonchev–Trinajstić information content (AvgIpc) is 2.74. The topological polar surface area (TPSA) is 110 Å². The zero-order valence-electron chi connectivity index (χ0n) is 16.8. The lowest BCUT2D eigenvalue weighted by Crippen LogP contribution is -2.28. The van der Waals surface area contributed by atoms with E-state index in [4.69, 9.17) is 26.2 Å². The van der Waals surface area contributed by atoms with Crippen molar-refractivity contribution in [2.24, 2.45) is 0 Å². The highest BCUT2D eigenvalue weighted by atomic mass is 35.5. The van der Waals surface area contributed by atoms with Gasteiger partial charge in [0.1, 0.15) is 17.2 Å². The lowest BCUT2D eigenvalue weighted by molar-refractivity contribution is 0.0690. The number of aromatic nitrogens is 1. The highest BCUT2D eigenvalue weighted by Gasteiger charge is 2.10. The Morgan fingerprint density at radius 2 is 1.87 bits per heavy atom. The SMILES string of the molecule is COc1ccc(Cl)cc1NC(=O)NCc1ccc(Oc2ccnc(C(=O)O)c2)c(C)c1. The Balaban J connectivity index is 1.62. The van der Waals surface area contributed by atoms with Crippen LogP contribution in [0.15, 0.2) is 54.7 Å². The standard InChI is InChI=1S/C22H20ClN3O5/c1-13-9-14(3-5-19(13)31-16-7-8-24-18(11-16)21(27)28)12-25-22(29)26-17-10-15(23)4-6-20(17)30-2/h3-11H,12H2,1-2H3,(H,27,28)(H2,25,26,29). The van der Waals surface area contributed by atoms with Crippen molar-refractivity contribution in [2.75, 3.05) is 12.4 Å². The van der Waals surface area contributed by atoms with E-state index in [-0.39, 0.29) is 12.2 Å². The summed E-state index contributed by atoms with van der Waals surface area (Å²) in [6.45, 7) is 2.14. The highest BCUT2D eigenvalue weighted by molar-refractivity contribution is 6.31. The van der Waals surface area contributed by atoms with Gasteiger partial charge in [-0.25, -0.2) is 14.6 Å².